The Morgan fingerprint density at radius 2 is 1.54 bits per heavy atom. The van der Waals surface area contributed by atoms with Crippen LogP contribution in [0, 0.1) is 0 Å². The number of carbonyl (C=O) groups is 4. The molecule has 1 aliphatic carbocycles. The summed E-state index contributed by atoms with van der Waals surface area (Å²) in [4.78, 5) is 53.2. The first-order valence-electron chi connectivity index (χ1n) is 22.5. The molecule has 3 atom stereocenters. The molecular formula is C48H57N6O11S3+. The fraction of sp³-hybridized carbons (Fsp3) is 0.438. The third-order valence-electron chi connectivity index (χ3n) is 13.8. The van der Waals surface area contributed by atoms with Gasteiger partial charge in [-0.15, -0.1) is 0 Å². The molecule has 4 heterocycles. The number of urea groups is 1. The van der Waals surface area contributed by atoms with Crippen molar-refractivity contribution in [1.29, 1.82) is 0 Å². The van der Waals surface area contributed by atoms with Crippen LogP contribution in [-0.4, -0.2) is 128 Å². The molecule has 17 nitrogen and oxygen atoms in total. The summed E-state index contributed by atoms with van der Waals surface area (Å²) in [5, 5.41) is 23.9. The van der Waals surface area contributed by atoms with Crippen molar-refractivity contribution in [2.75, 3.05) is 49.3 Å². The van der Waals surface area contributed by atoms with E-state index in [0.29, 0.717) is 74.2 Å². The number of nitrogens with zero attached hydrogens (tertiary/aromatic N) is 2. The van der Waals surface area contributed by atoms with E-state index in [2.05, 4.69) is 21.3 Å². The number of carboxylic acid groups (broad SMARTS) is 1. The summed E-state index contributed by atoms with van der Waals surface area (Å²) in [6, 6.07) is 11.9. The maximum atomic E-state index is 13.6. The van der Waals surface area contributed by atoms with E-state index >= 15 is 0 Å². The van der Waals surface area contributed by atoms with E-state index in [1.165, 1.54) is 12.1 Å². The number of hydrogen-bond acceptors (Lipinski definition) is 10. The van der Waals surface area contributed by atoms with Gasteiger partial charge in [0, 0.05) is 74.3 Å². The number of carbonyl (C=O) groups excluding carboxylic acids is 3. The zero-order valence-electron chi connectivity index (χ0n) is 38.7. The Labute approximate surface area is 399 Å². The number of rotatable bonds is 15. The number of hydrogen-bond donors (Lipinski definition) is 7. The van der Waals surface area contributed by atoms with Crippen molar-refractivity contribution in [2.45, 2.75) is 88.2 Å². The number of aromatic carboxylic acids is 1. The SMILES string of the molecule is CN1c2cc3c(cc2C(CS(=O)(=O)O)=CC1(C)C)C(c1ccc(C(=O)NCCNC(=O)CCCC[C@@H]2SC[C@@H]4NC(=O)N[C@@H]42)cc1C(=O)O)=c1cc2c(cc1C3)=[N+](C)C(C)(C)C=C2CS(=O)(=O)O. The smallest absolute Gasteiger partial charge is 0.336 e. The molecule has 5 aliphatic rings. The molecule has 4 aliphatic heterocycles. The number of amides is 4. The number of unbranched alkanes of at least 4 members (excludes halogenated alkanes) is 1. The topological polar surface area (TPSA) is 252 Å². The molecule has 7 N–H and O–H groups in total. The summed E-state index contributed by atoms with van der Waals surface area (Å²) >= 11 is 1.82. The molecule has 2 fully saturated rings. The number of fused-ring (bicyclic) bond motifs is 5. The van der Waals surface area contributed by atoms with Crippen LogP contribution < -0.4 is 41.3 Å². The third kappa shape index (κ3) is 9.97. The van der Waals surface area contributed by atoms with Crippen LogP contribution in [0.3, 0.4) is 0 Å². The molecule has 0 saturated carbocycles. The largest absolute Gasteiger partial charge is 0.478 e. The van der Waals surface area contributed by atoms with Crippen molar-refractivity contribution in [3.63, 3.8) is 0 Å². The lowest BCUT2D eigenvalue weighted by molar-refractivity contribution is -0.121. The van der Waals surface area contributed by atoms with E-state index in [-0.39, 0.29) is 53.8 Å². The number of carboxylic acids is 1. The zero-order valence-corrected chi connectivity index (χ0v) is 41.2. The predicted octanol–water partition coefficient (Wildman–Crippen LogP) is 2.79. The van der Waals surface area contributed by atoms with Gasteiger partial charge in [0.05, 0.1) is 28.7 Å². The lowest BCUT2D eigenvalue weighted by Crippen LogP contribution is -2.48. The highest BCUT2D eigenvalue weighted by Gasteiger charge is 2.43. The van der Waals surface area contributed by atoms with E-state index in [1.807, 2.05) is 75.2 Å². The average molecular weight is 990 g/mol. The van der Waals surface area contributed by atoms with Gasteiger partial charge in [0.15, 0.2) is 5.54 Å². The molecule has 3 aromatic carbocycles. The molecule has 0 radical (unpaired) electrons. The van der Waals surface area contributed by atoms with Gasteiger partial charge >= 0.3 is 12.0 Å². The van der Waals surface area contributed by atoms with Gasteiger partial charge in [-0.05, 0) is 114 Å². The van der Waals surface area contributed by atoms with Crippen molar-refractivity contribution >= 4 is 78.2 Å². The molecule has 0 spiro atoms. The van der Waals surface area contributed by atoms with Crippen LogP contribution >= 0.6 is 11.8 Å². The molecule has 4 amide bonds. The highest BCUT2D eigenvalue weighted by molar-refractivity contribution is 8.00. The summed E-state index contributed by atoms with van der Waals surface area (Å²) in [5.41, 5.74) is 3.75. The van der Waals surface area contributed by atoms with Crippen molar-refractivity contribution in [2.24, 2.45) is 0 Å². The first-order valence-corrected chi connectivity index (χ1v) is 26.7. The quantitative estimate of drug-likeness (QED) is 0.0392. The summed E-state index contributed by atoms with van der Waals surface area (Å²) in [7, 11) is -5.22. The lowest BCUT2D eigenvalue weighted by atomic mass is 9.77. The van der Waals surface area contributed by atoms with E-state index in [9.17, 15) is 50.2 Å². The van der Waals surface area contributed by atoms with Gasteiger partial charge in [0.25, 0.3) is 26.1 Å². The van der Waals surface area contributed by atoms with Crippen molar-refractivity contribution < 1.29 is 50.2 Å². The Balaban J connectivity index is 1.12. The molecular weight excluding hydrogens is 933 g/mol. The minimum Gasteiger partial charge on any atom is -0.478 e. The molecule has 8 rings (SSSR count). The average Bonchev–Trinajstić information content (AvgIpc) is 3.80. The summed E-state index contributed by atoms with van der Waals surface area (Å²) in [6.45, 7) is 7.91. The van der Waals surface area contributed by atoms with Gasteiger partial charge in [0.1, 0.15) is 18.6 Å². The van der Waals surface area contributed by atoms with E-state index < -0.39 is 54.7 Å². The van der Waals surface area contributed by atoms with Crippen LogP contribution in [0.4, 0.5) is 10.5 Å². The van der Waals surface area contributed by atoms with Crippen LogP contribution in [0.25, 0.3) is 16.7 Å². The normalized spacial score (nSPS) is 21.0. The molecule has 0 unspecified atom stereocenters. The molecule has 20 heteroatoms. The molecule has 3 aromatic rings. The second kappa shape index (κ2) is 18.1. The number of benzene rings is 3. The summed E-state index contributed by atoms with van der Waals surface area (Å²) in [5.74, 6) is -2.54. The highest BCUT2D eigenvalue weighted by Crippen LogP contribution is 2.44. The number of likely N-dealkylation sites (N-methyl/N-ethyl adjacent to an activating group) is 2. The minimum absolute atomic E-state index is 0.0512. The van der Waals surface area contributed by atoms with Crippen molar-refractivity contribution in [1.82, 2.24) is 25.8 Å². The number of thioether (sulfide) groups is 1. The van der Waals surface area contributed by atoms with Gasteiger partial charge in [-0.3, -0.25) is 18.7 Å². The lowest BCUT2D eigenvalue weighted by Gasteiger charge is -2.42. The van der Waals surface area contributed by atoms with Gasteiger partial charge in [-0.2, -0.15) is 28.6 Å². The van der Waals surface area contributed by atoms with Crippen LogP contribution in [0.1, 0.15) is 107 Å². The monoisotopic (exact) mass is 989 g/mol. The Kier molecular flexibility index (Phi) is 13.0. The Morgan fingerprint density at radius 1 is 0.853 bits per heavy atom. The number of anilines is 1. The Hall–Kier alpha value is -5.54. The molecule has 0 bridgehead atoms. The van der Waals surface area contributed by atoms with E-state index in [0.717, 1.165) is 29.7 Å². The van der Waals surface area contributed by atoms with Crippen molar-refractivity contribution in [3.05, 3.63) is 110 Å². The zero-order chi connectivity index (χ0) is 49.2. The molecule has 0 aromatic heterocycles. The second-order valence-corrected chi connectivity index (χ2v) is 23.5. The standard InChI is InChI=1S/C48H56N6O11S3/c1-47(2)21-29(24-67(60,61)62)32-19-34-27(17-38(32)53(47)5)15-28-18-39-33(30(25-68(63,64)65)22-48(3,4)54(39)6)20-35(28)42(34)31-12-11-26(16-36(31)45(57)58)44(56)50-14-13-49-41(55)10-8-7-9-40-43-37(23-66-40)51-46(59)52-43/h11-12,16-22,37,40,43H,7-10,13-15,23-25H2,1-6H3,(H6-,49,50,51,52,55,56,57,58,59,60,61,62,63,64,65)/p+1/t37-,40-,43-/m0/s1. The molecule has 68 heavy (non-hydrogen) atoms. The van der Waals surface area contributed by atoms with E-state index in [4.69, 9.17) is 0 Å². The Morgan fingerprint density at radius 3 is 2.24 bits per heavy atom. The van der Waals surface area contributed by atoms with Gasteiger partial charge in [-0.1, -0.05) is 18.6 Å². The Bertz CT molecular complexity index is 3110. The van der Waals surface area contributed by atoms with Crippen LogP contribution in [-0.2, 0) is 31.5 Å². The summed E-state index contributed by atoms with van der Waals surface area (Å²) < 4.78 is 71.8. The first-order chi connectivity index (χ1) is 31.8. The fourth-order valence-corrected chi connectivity index (χ4v) is 12.9. The highest BCUT2D eigenvalue weighted by atomic mass is 32.2. The predicted molar refractivity (Wildman–Crippen MR) is 262 cm³/mol. The third-order valence-corrected chi connectivity index (χ3v) is 16.7. The van der Waals surface area contributed by atoms with Gasteiger partial charge < -0.3 is 31.3 Å². The first kappa shape index (κ1) is 48.9. The van der Waals surface area contributed by atoms with E-state index in [1.54, 1.807) is 30.4 Å². The van der Waals surface area contributed by atoms with Crippen LogP contribution in [0.5, 0.6) is 0 Å². The van der Waals surface area contributed by atoms with Gasteiger partial charge in [-0.25, -0.2) is 14.2 Å². The van der Waals surface area contributed by atoms with Crippen molar-refractivity contribution in [3.8, 4) is 0 Å². The second-order valence-electron chi connectivity index (χ2n) is 19.4. The molecule has 362 valence electrons. The fourth-order valence-electron chi connectivity index (χ4n) is 10.1. The number of nitrogens with one attached hydrogen (secondary N) is 4. The van der Waals surface area contributed by atoms with Gasteiger partial charge in [0.2, 0.25) is 11.3 Å². The van der Waals surface area contributed by atoms with Crippen LogP contribution in [0.15, 0.2) is 54.6 Å². The maximum Gasteiger partial charge on any atom is 0.336 e. The maximum absolute atomic E-state index is 13.6. The van der Waals surface area contributed by atoms with Crippen LogP contribution in [0.2, 0.25) is 0 Å². The summed E-state index contributed by atoms with van der Waals surface area (Å²) in [6.07, 6.45) is 6.59. The minimum atomic E-state index is -4.49. The molecule has 2 saturated heterocycles.